The molecule has 1 fully saturated rings. The van der Waals surface area contributed by atoms with Crippen LogP contribution in [0.15, 0.2) is 24.3 Å². The maximum absolute atomic E-state index is 11.5. The summed E-state index contributed by atoms with van der Waals surface area (Å²) >= 11 is 0. The van der Waals surface area contributed by atoms with Gasteiger partial charge < -0.3 is 9.47 Å². The maximum Gasteiger partial charge on any atom is 0.229 e. The van der Waals surface area contributed by atoms with E-state index in [1.165, 1.54) is 0 Å². The molecule has 1 atom stereocenters. The fourth-order valence-corrected chi connectivity index (χ4v) is 2.00. The lowest BCUT2D eigenvalue weighted by atomic mass is 9.95. The normalized spacial score (nSPS) is 18.9. The molecule has 1 aromatic rings. The van der Waals surface area contributed by atoms with E-state index in [0.717, 1.165) is 11.5 Å². The first kappa shape index (κ1) is 13.4. The molecule has 0 bridgehead atoms. The molecule has 0 saturated carbocycles. The molecule has 0 spiro atoms. The van der Waals surface area contributed by atoms with E-state index in [1.54, 1.807) is 7.11 Å². The highest BCUT2D eigenvalue weighted by atomic mass is 16.5. The van der Waals surface area contributed by atoms with E-state index in [0.29, 0.717) is 25.9 Å². The van der Waals surface area contributed by atoms with Crippen molar-refractivity contribution in [1.29, 1.82) is 0 Å². The molecule has 102 valence electrons. The second-order valence-electron chi connectivity index (χ2n) is 4.46. The third-order valence-electron chi connectivity index (χ3n) is 3.15. The average molecular weight is 263 g/mol. The zero-order valence-corrected chi connectivity index (χ0v) is 10.8. The number of carbonyl (C=O) groups is 2. The largest absolute Gasteiger partial charge is 0.497 e. The van der Waals surface area contributed by atoms with E-state index in [4.69, 9.17) is 9.47 Å². The van der Waals surface area contributed by atoms with Crippen molar-refractivity contribution in [2.24, 2.45) is 5.92 Å². The standard InChI is InChI=1S/C14H17NO4/c1-18-11-3-5-12(6-4-11)19-9-8-10-2-7-13(16)15-14(10)17/h3-6,10H,2,7-9H2,1H3,(H,15,16,17). The fourth-order valence-electron chi connectivity index (χ4n) is 2.00. The lowest BCUT2D eigenvalue weighted by molar-refractivity contribution is -0.136. The lowest BCUT2D eigenvalue weighted by Gasteiger charge is -2.20. The Morgan fingerprint density at radius 2 is 1.89 bits per heavy atom. The summed E-state index contributed by atoms with van der Waals surface area (Å²) in [5.74, 6) is 1.02. The van der Waals surface area contributed by atoms with E-state index >= 15 is 0 Å². The van der Waals surface area contributed by atoms with Crippen molar-refractivity contribution in [3.63, 3.8) is 0 Å². The molecule has 0 aliphatic carbocycles. The number of imide groups is 1. The van der Waals surface area contributed by atoms with Crippen LogP contribution in [0.4, 0.5) is 0 Å². The molecule has 5 nitrogen and oxygen atoms in total. The molecule has 2 rings (SSSR count). The van der Waals surface area contributed by atoms with Gasteiger partial charge in [0.2, 0.25) is 11.8 Å². The van der Waals surface area contributed by atoms with Crippen molar-refractivity contribution in [3.05, 3.63) is 24.3 Å². The first-order valence-electron chi connectivity index (χ1n) is 6.29. The molecule has 1 saturated heterocycles. The van der Waals surface area contributed by atoms with Gasteiger partial charge in [0, 0.05) is 12.3 Å². The van der Waals surface area contributed by atoms with Crippen LogP contribution in [-0.2, 0) is 9.59 Å². The Morgan fingerprint density at radius 3 is 2.53 bits per heavy atom. The van der Waals surface area contributed by atoms with Crippen molar-refractivity contribution in [2.45, 2.75) is 19.3 Å². The molecule has 0 aromatic heterocycles. The molecule has 1 heterocycles. The molecule has 0 radical (unpaired) electrons. The topological polar surface area (TPSA) is 64.6 Å². The minimum atomic E-state index is -0.186. The Balaban J connectivity index is 1.76. The van der Waals surface area contributed by atoms with Crippen molar-refractivity contribution in [3.8, 4) is 11.5 Å². The van der Waals surface area contributed by atoms with E-state index in [1.807, 2.05) is 24.3 Å². The van der Waals surface area contributed by atoms with Crippen LogP contribution in [0.1, 0.15) is 19.3 Å². The molecule has 1 unspecified atom stereocenters. The summed E-state index contributed by atoms with van der Waals surface area (Å²) in [4.78, 5) is 22.5. The molecule has 1 aliphatic heterocycles. The Morgan fingerprint density at radius 1 is 1.21 bits per heavy atom. The smallest absolute Gasteiger partial charge is 0.229 e. The number of methoxy groups -OCH3 is 1. The van der Waals surface area contributed by atoms with Crippen LogP contribution in [0.5, 0.6) is 11.5 Å². The third-order valence-corrected chi connectivity index (χ3v) is 3.15. The van der Waals surface area contributed by atoms with Crippen LogP contribution < -0.4 is 14.8 Å². The van der Waals surface area contributed by atoms with E-state index < -0.39 is 0 Å². The number of hydrogen-bond donors (Lipinski definition) is 1. The van der Waals surface area contributed by atoms with Crippen LogP contribution in [0, 0.1) is 5.92 Å². The SMILES string of the molecule is COc1ccc(OCCC2CCC(=O)NC2=O)cc1. The highest BCUT2D eigenvalue weighted by Crippen LogP contribution is 2.19. The summed E-state index contributed by atoms with van der Waals surface area (Å²) in [6.07, 6.45) is 1.64. The van der Waals surface area contributed by atoms with Gasteiger partial charge in [0.25, 0.3) is 0 Å². The minimum absolute atomic E-state index is 0.129. The van der Waals surface area contributed by atoms with Gasteiger partial charge in [0.1, 0.15) is 11.5 Å². The van der Waals surface area contributed by atoms with Crippen LogP contribution in [0.2, 0.25) is 0 Å². The van der Waals surface area contributed by atoms with Crippen molar-refractivity contribution in [2.75, 3.05) is 13.7 Å². The first-order chi connectivity index (χ1) is 9.19. The molecular weight excluding hydrogens is 246 g/mol. The second-order valence-corrected chi connectivity index (χ2v) is 4.46. The summed E-state index contributed by atoms with van der Waals surface area (Å²) < 4.78 is 10.6. The first-order valence-corrected chi connectivity index (χ1v) is 6.29. The van der Waals surface area contributed by atoms with Gasteiger partial charge in [-0.15, -0.1) is 0 Å². The van der Waals surface area contributed by atoms with E-state index in [2.05, 4.69) is 5.32 Å². The molecule has 1 N–H and O–H groups in total. The van der Waals surface area contributed by atoms with E-state index in [9.17, 15) is 9.59 Å². The second kappa shape index (κ2) is 6.22. The Labute approximate surface area is 111 Å². The maximum atomic E-state index is 11.5. The number of ether oxygens (including phenoxy) is 2. The zero-order chi connectivity index (χ0) is 13.7. The molecule has 5 heteroatoms. The van der Waals surface area contributed by atoms with Gasteiger partial charge in [0.05, 0.1) is 13.7 Å². The van der Waals surface area contributed by atoms with Crippen molar-refractivity contribution < 1.29 is 19.1 Å². The molecular formula is C14H17NO4. The number of nitrogens with one attached hydrogen (secondary N) is 1. The van der Waals surface area contributed by atoms with E-state index in [-0.39, 0.29) is 17.7 Å². The molecule has 19 heavy (non-hydrogen) atoms. The summed E-state index contributed by atoms with van der Waals surface area (Å²) in [5.41, 5.74) is 0. The fraction of sp³-hybridized carbons (Fsp3) is 0.429. The Hall–Kier alpha value is -2.04. The number of piperidine rings is 1. The van der Waals surface area contributed by atoms with Gasteiger partial charge in [-0.2, -0.15) is 0 Å². The highest BCUT2D eigenvalue weighted by Gasteiger charge is 2.26. The zero-order valence-electron chi connectivity index (χ0n) is 10.8. The number of amides is 2. The van der Waals surface area contributed by atoms with Gasteiger partial charge in [-0.05, 0) is 37.1 Å². The predicted molar refractivity (Wildman–Crippen MR) is 69.0 cm³/mol. The summed E-state index contributed by atoms with van der Waals surface area (Å²) in [5, 5.41) is 2.34. The van der Waals surface area contributed by atoms with Gasteiger partial charge in [-0.25, -0.2) is 0 Å². The predicted octanol–water partition coefficient (Wildman–Crippen LogP) is 1.52. The Kier molecular flexibility index (Phi) is 4.39. The Bertz CT molecular complexity index is 455. The minimum Gasteiger partial charge on any atom is -0.497 e. The number of hydrogen-bond acceptors (Lipinski definition) is 4. The molecule has 1 aliphatic rings. The van der Waals surface area contributed by atoms with Crippen molar-refractivity contribution >= 4 is 11.8 Å². The summed E-state index contributed by atoms with van der Waals surface area (Å²) in [6, 6.07) is 7.29. The molecule has 2 amide bonds. The van der Waals surface area contributed by atoms with Crippen LogP contribution in [-0.4, -0.2) is 25.5 Å². The summed E-state index contributed by atoms with van der Waals surface area (Å²) in [7, 11) is 1.61. The number of carbonyl (C=O) groups excluding carboxylic acids is 2. The van der Waals surface area contributed by atoms with Gasteiger partial charge >= 0.3 is 0 Å². The van der Waals surface area contributed by atoms with Gasteiger partial charge in [-0.3, -0.25) is 14.9 Å². The lowest BCUT2D eigenvalue weighted by Crippen LogP contribution is -2.41. The summed E-state index contributed by atoms with van der Waals surface area (Å²) in [6.45, 7) is 0.457. The molecule has 1 aromatic carbocycles. The monoisotopic (exact) mass is 263 g/mol. The number of benzene rings is 1. The third kappa shape index (κ3) is 3.71. The quantitative estimate of drug-likeness (QED) is 0.818. The van der Waals surface area contributed by atoms with Crippen molar-refractivity contribution in [1.82, 2.24) is 5.32 Å². The van der Waals surface area contributed by atoms with Gasteiger partial charge in [0.15, 0.2) is 0 Å². The van der Waals surface area contributed by atoms with Crippen LogP contribution in [0.25, 0.3) is 0 Å². The highest BCUT2D eigenvalue weighted by molar-refractivity contribution is 5.98. The average Bonchev–Trinajstić information content (AvgIpc) is 2.42. The van der Waals surface area contributed by atoms with Crippen LogP contribution >= 0.6 is 0 Å². The van der Waals surface area contributed by atoms with Crippen LogP contribution in [0.3, 0.4) is 0 Å². The van der Waals surface area contributed by atoms with Gasteiger partial charge in [-0.1, -0.05) is 0 Å². The number of rotatable bonds is 5.